The van der Waals surface area contributed by atoms with Crippen LogP contribution in [-0.4, -0.2) is 0 Å². The van der Waals surface area contributed by atoms with Gasteiger partial charge in [0.1, 0.15) is 0 Å². The van der Waals surface area contributed by atoms with Crippen LogP contribution in [0, 0.1) is 0 Å². The minimum atomic E-state index is -0.0597. The molecule has 0 fully saturated rings. The first-order valence-corrected chi connectivity index (χ1v) is 21.5. The first-order valence-electron chi connectivity index (χ1n) is 19.9. The second kappa shape index (κ2) is 14.0. The van der Waals surface area contributed by atoms with Gasteiger partial charge in [0, 0.05) is 42.1 Å². The van der Waals surface area contributed by atoms with Crippen LogP contribution >= 0.6 is 23.5 Å². The lowest BCUT2D eigenvalue weighted by Crippen LogP contribution is -2.15. The summed E-state index contributed by atoms with van der Waals surface area (Å²) < 4.78 is 0. The average molecular weight is 778 g/mol. The van der Waals surface area contributed by atoms with Gasteiger partial charge in [-0.25, -0.2) is 0 Å². The van der Waals surface area contributed by atoms with Crippen molar-refractivity contribution in [3.05, 3.63) is 211 Å². The maximum Gasteiger partial charge on any atom is 0.0468 e. The molecule has 1 aliphatic heterocycles. The van der Waals surface area contributed by atoms with Crippen molar-refractivity contribution in [1.29, 1.82) is 0 Å². The summed E-state index contributed by atoms with van der Waals surface area (Å²) in [5.41, 5.74) is 16.2. The number of rotatable bonds is 6. The highest BCUT2D eigenvalue weighted by atomic mass is 32.2. The van der Waals surface area contributed by atoms with Crippen LogP contribution in [0.15, 0.2) is 220 Å². The van der Waals surface area contributed by atoms with Crippen molar-refractivity contribution in [3.63, 3.8) is 0 Å². The van der Waals surface area contributed by atoms with Gasteiger partial charge in [0.15, 0.2) is 0 Å². The monoisotopic (exact) mass is 777 g/mol. The lowest BCUT2D eigenvalue weighted by Gasteiger charge is -2.26. The van der Waals surface area contributed by atoms with Gasteiger partial charge in [-0.1, -0.05) is 165 Å². The highest BCUT2D eigenvalue weighted by Crippen LogP contribution is 2.56. The molecule has 2 aliphatic rings. The molecule has 0 aromatic heterocycles. The standard InChI is InChI=1S/C55H39NS2/c1-55(2)49-30-24-43(33-47(49)48-34-53-54(35-50(48)55)58-52-16-10-9-15-51(52)57-53)40-17-18-42-32-46(29-23-41(42)31-40)56(44-25-19-38(20-26-44)36-11-5-3-6-12-36)45-27-21-39(22-28-45)37-13-7-4-8-14-37/h3-35H,1-2H3. The summed E-state index contributed by atoms with van der Waals surface area (Å²) in [6.07, 6.45) is 0. The van der Waals surface area contributed by atoms with E-state index < -0.39 is 0 Å². The predicted octanol–water partition coefficient (Wildman–Crippen LogP) is 16.2. The predicted molar refractivity (Wildman–Crippen MR) is 247 cm³/mol. The smallest absolute Gasteiger partial charge is 0.0468 e. The van der Waals surface area contributed by atoms with E-state index in [1.807, 2.05) is 23.5 Å². The number of benzene rings is 9. The van der Waals surface area contributed by atoms with Crippen molar-refractivity contribution < 1.29 is 0 Å². The Balaban J connectivity index is 0.947. The fourth-order valence-corrected chi connectivity index (χ4v) is 11.1. The Kier molecular flexibility index (Phi) is 8.43. The van der Waals surface area contributed by atoms with Crippen molar-refractivity contribution >= 4 is 51.4 Å². The lowest BCUT2D eigenvalue weighted by atomic mass is 9.82. The highest BCUT2D eigenvalue weighted by molar-refractivity contribution is 8.05. The van der Waals surface area contributed by atoms with E-state index in [-0.39, 0.29) is 5.41 Å². The van der Waals surface area contributed by atoms with Crippen LogP contribution in [-0.2, 0) is 5.41 Å². The Hall–Kier alpha value is -6.26. The zero-order chi connectivity index (χ0) is 38.8. The molecule has 1 heterocycles. The van der Waals surface area contributed by atoms with Crippen LogP contribution in [0.2, 0.25) is 0 Å². The summed E-state index contributed by atoms with van der Waals surface area (Å²) in [7, 11) is 0. The third-order valence-electron chi connectivity index (χ3n) is 11.9. The molecule has 0 saturated carbocycles. The molecular weight excluding hydrogens is 739 g/mol. The van der Waals surface area contributed by atoms with Crippen molar-refractivity contribution in [1.82, 2.24) is 0 Å². The van der Waals surface area contributed by atoms with Crippen molar-refractivity contribution in [2.24, 2.45) is 0 Å². The van der Waals surface area contributed by atoms with Gasteiger partial charge < -0.3 is 4.90 Å². The van der Waals surface area contributed by atoms with Gasteiger partial charge in [-0.05, 0) is 139 Å². The van der Waals surface area contributed by atoms with Crippen molar-refractivity contribution in [3.8, 4) is 44.5 Å². The number of nitrogens with zero attached hydrogens (tertiary/aromatic N) is 1. The van der Waals surface area contributed by atoms with Gasteiger partial charge in [0.05, 0.1) is 0 Å². The van der Waals surface area contributed by atoms with Crippen LogP contribution < -0.4 is 4.90 Å². The van der Waals surface area contributed by atoms with Gasteiger partial charge in [0.25, 0.3) is 0 Å². The summed E-state index contributed by atoms with van der Waals surface area (Å²) in [5.74, 6) is 0. The molecule has 0 bridgehead atoms. The van der Waals surface area contributed by atoms with Crippen molar-refractivity contribution in [2.75, 3.05) is 4.90 Å². The molecule has 1 aliphatic carbocycles. The Bertz CT molecular complexity index is 2920. The van der Waals surface area contributed by atoms with E-state index in [1.54, 1.807) is 0 Å². The number of fused-ring (bicyclic) bond motifs is 6. The summed E-state index contributed by atoms with van der Waals surface area (Å²) in [5, 5.41) is 2.43. The van der Waals surface area contributed by atoms with E-state index in [2.05, 4.69) is 219 Å². The largest absolute Gasteiger partial charge is 0.310 e. The fraction of sp³-hybridized carbons (Fsp3) is 0.0545. The molecule has 0 atom stereocenters. The van der Waals surface area contributed by atoms with Crippen molar-refractivity contribution in [2.45, 2.75) is 38.8 Å². The molecule has 11 rings (SSSR count). The molecule has 9 aromatic carbocycles. The van der Waals surface area contributed by atoms with Crippen LogP contribution in [0.1, 0.15) is 25.0 Å². The summed E-state index contributed by atoms with van der Waals surface area (Å²) >= 11 is 3.80. The number of hydrogen-bond acceptors (Lipinski definition) is 3. The number of anilines is 3. The second-order valence-corrected chi connectivity index (χ2v) is 18.0. The molecule has 0 unspecified atom stereocenters. The molecule has 0 saturated heterocycles. The van der Waals surface area contributed by atoms with Gasteiger partial charge in [-0.2, -0.15) is 0 Å². The molecule has 58 heavy (non-hydrogen) atoms. The van der Waals surface area contributed by atoms with Gasteiger partial charge in [-0.15, -0.1) is 0 Å². The normalized spacial score (nSPS) is 13.3. The molecule has 0 radical (unpaired) electrons. The fourth-order valence-electron chi connectivity index (χ4n) is 8.82. The third-order valence-corrected chi connectivity index (χ3v) is 14.4. The topological polar surface area (TPSA) is 3.24 Å². The Morgan fingerprint density at radius 3 is 1.40 bits per heavy atom. The Labute approximate surface area is 349 Å². The van der Waals surface area contributed by atoms with E-state index in [0.717, 1.165) is 17.1 Å². The van der Waals surface area contributed by atoms with E-state index in [1.165, 1.54) is 86.0 Å². The van der Waals surface area contributed by atoms with Gasteiger partial charge in [-0.3, -0.25) is 0 Å². The molecule has 0 N–H and O–H groups in total. The molecule has 0 amide bonds. The van der Waals surface area contributed by atoms with E-state index >= 15 is 0 Å². The number of hydrogen-bond donors (Lipinski definition) is 0. The molecule has 3 heteroatoms. The van der Waals surface area contributed by atoms with Crippen LogP contribution in [0.3, 0.4) is 0 Å². The Morgan fingerprint density at radius 2 is 0.776 bits per heavy atom. The summed E-state index contributed by atoms with van der Waals surface area (Å²) in [4.78, 5) is 7.78. The second-order valence-electron chi connectivity index (χ2n) is 15.8. The molecular formula is C55H39NS2. The minimum absolute atomic E-state index is 0.0597. The zero-order valence-electron chi connectivity index (χ0n) is 32.3. The molecule has 276 valence electrons. The van der Waals surface area contributed by atoms with E-state index in [4.69, 9.17) is 0 Å². The van der Waals surface area contributed by atoms with E-state index in [9.17, 15) is 0 Å². The van der Waals surface area contributed by atoms with Gasteiger partial charge >= 0.3 is 0 Å². The lowest BCUT2D eigenvalue weighted by molar-refractivity contribution is 0.657. The van der Waals surface area contributed by atoms with E-state index in [0.29, 0.717) is 0 Å². The molecule has 1 nitrogen and oxygen atoms in total. The Morgan fingerprint density at radius 1 is 0.328 bits per heavy atom. The van der Waals surface area contributed by atoms with Gasteiger partial charge in [0.2, 0.25) is 0 Å². The first kappa shape index (κ1) is 34.9. The minimum Gasteiger partial charge on any atom is -0.310 e. The highest BCUT2D eigenvalue weighted by Gasteiger charge is 2.37. The molecule has 9 aromatic rings. The average Bonchev–Trinajstić information content (AvgIpc) is 3.50. The van der Waals surface area contributed by atoms with Crippen LogP contribution in [0.25, 0.3) is 55.3 Å². The summed E-state index contributed by atoms with van der Waals surface area (Å²) in [6.45, 7) is 4.76. The zero-order valence-corrected chi connectivity index (χ0v) is 33.9. The van der Waals surface area contributed by atoms with Crippen LogP contribution in [0.4, 0.5) is 17.1 Å². The maximum atomic E-state index is 2.46. The summed E-state index contributed by atoms with van der Waals surface area (Å²) in [6, 6.07) is 73.6. The van der Waals surface area contributed by atoms with Crippen LogP contribution in [0.5, 0.6) is 0 Å². The first-order chi connectivity index (χ1) is 28.5. The maximum absolute atomic E-state index is 2.46. The molecule has 0 spiro atoms. The quantitative estimate of drug-likeness (QED) is 0.166. The SMILES string of the molecule is CC1(C)c2ccc(-c3ccc4cc(N(c5ccc(-c6ccccc6)cc5)c5ccc(-c6ccccc6)cc5)ccc4c3)cc2-c2cc3c(cc21)Sc1ccccc1S3. The third kappa shape index (κ3) is 6.05.